The number of pyridine rings is 1. The molecule has 0 aromatic carbocycles. The molecular formula is C22H33N3O2. The number of hydrogen-bond donors (Lipinski definition) is 0. The highest BCUT2D eigenvalue weighted by Crippen LogP contribution is 2.42. The van der Waals surface area contributed by atoms with E-state index in [-0.39, 0.29) is 5.41 Å². The summed E-state index contributed by atoms with van der Waals surface area (Å²) in [5.74, 6) is 1.07. The smallest absolute Gasteiger partial charge is 0.228 e. The summed E-state index contributed by atoms with van der Waals surface area (Å²) >= 11 is 0. The average Bonchev–Trinajstić information content (AvgIpc) is 2.86. The standard InChI is InChI=1S/C22H33N3O2/c1-18-4-2-10-23-20(18)17-24-11-3-7-22(8-12-24)9-13-25(21(22)26)16-19-5-14-27-15-6-19/h2,4,10,19H,3,5-9,11-17H2,1H3/t22-/m1/s1. The van der Waals surface area contributed by atoms with Gasteiger partial charge in [-0.15, -0.1) is 0 Å². The summed E-state index contributed by atoms with van der Waals surface area (Å²) in [7, 11) is 0. The molecule has 0 unspecified atom stereocenters. The van der Waals surface area contributed by atoms with Gasteiger partial charge in [0, 0.05) is 39.0 Å². The molecule has 1 aromatic heterocycles. The van der Waals surface area contributed by atoms with Gasteiger partial charge in [-0.1, -0.05) is 6.07 Å². The normalized spacial score (nSPS) is 28.0. The number of carbonyl (C=O) groups is 1. The maximum Gasteiger partial charge on any atom is 0.228 e. The summed E-state index contributed by atoms with van der Waals surface area (Å²) in [6, 6.07) is 4.14. The molecule has 4 rings (SSSR count). The van der Waals surface area contributed by atoms with Crippen LogP contribution < -0.4 is 0 Å². The second-order valence-electron chi connectivity index (χ2n) is 8.73. The summed E-state index contributed by atoms with van der Waals surface area (Å²) in [6.45, 7) is 8.74. The highest BCUT2D eigenvalue weighted by molar-refractivity contribution is 5.84. The number of likely N-dealkylation sites (tertiary alicyclic amines) is 2. The van der Waals surface area contributed by atoms with Crippen LogP contribution in [0, 0.1) is 18.3 Å². The molecular weight excluding hydrogens is 338 g/mol. The van der Waals surface area contributed by atoms with Gasteiger partial charge in [0.25, 0.3) is 0 Å². The number of aryl methyl sites for hydroxylation is 1. The largest absolute Gasteiger partial charge is 0.381 e. The minimum absolute atomic E-state index is 0.0981. The van der Waals surface area contributed by atoms with Crippen molar-refractivity contribution >= 4 is 5.91 Å². The highest BCUT2D eigenvalue weighted by Gasteiger charge is 2.47. The van der Waals surface area contributed by atoms with Gasteiger partial charge >= 0.3 is 0 Å². The zero-order chi connectivity index (χ0) is 18.7. The molecule has 5 nitrogen and oxygen atoms in total. The first-order valence-corrected chi connectivity index (χ1v) is 10.7. The van der Waals surface area contributed by atoms with Crippen LogP contribution in [0.25, 0.3) is 0 Å². The van der Waals surface area contributed by atoms with Crippen molar-refractivity contribution in [3.63, 3.8) is 0 Å². The van der Waals surface area contributed by atoms with Crippen molar-refractivity contribution in [3.05, 3.63) is 29.6 Å². The molecule has 0 radical (unpaired) electrons. The number of aromatic nitrogens is 1. The Morgan fingerprint density at radius 3 is 2.81 bits per heavy atom. The first-order valence-electron chi connectivity index (χ1n) is 10.7. The van der Waals surface area contributed by atoms with Gasteiger partial charge in [-0.3, -0.25) is 14.7 Å². The predicted octanol–water partition coefficient (Wildman–Crippen LogP) is 3.02. The number of hydrogen-bond acceptors (Lipinski definition) is 4. The molecule has 3 aliphatic rings. The van der Waals surface area contributed by atoms with E-state index >= 15 is 0 Å². The Bertz CT molecular complexity index is 659. The van der Waals surface area contributed by atoms with Gasteiger partial charge in [0.05, 0.1) is 11.1 Å². The summed E-state index contributed by atoms with van der Waals surface area (Å²) in [4.78, 5) is 22.5. The van der Waals surface area contributed by atoms with E-state index in [1.54, 1.807) is 0 Å². The molecule has 3 fully saturated rings. The number of rotatable bonds is 4. The fourth-order valence-electron chi connectivity index (χ4n) is 5.08. The van der Waals surface area contributed by atoms with Gasteiger partial charge in [0.15, 0.2) is 0 Å². The predicted molar refractivity (Wildman–Crippen MR) is 105 cm³/mol. The van der Waals surface area contributed by atoms with Crippen LogP contribution in [-0.4, -0.2) is 60.1 Å². The summed E-state index contributed by atoms with van der Waals surface area (Å²) < 4.78 is 5.47. The Hall–Kier alpha value is -1.46. The third-order valence-corrected chi connectivity index (χ3v) is 6.95. The zero-order valence-corrected chi connectivity index (χ0v) is 16.7. The Morgan fingerprint density at radius 1 is 1.19 bits per heavy atom. The monoisotopic (exact) mass is 371 g/mol. The molecule has 4 heterocycles. The number of ether oxygens (including phenoxy) is 1. The van der Waals surface area contributed by atoms with Crippen molar-refractivity contribution in [1.82, 2.24) is 14.8 Å². The molecule has 1 amide bonds. The minimum atomic E-state index is -0.0981. The third-order valence-electron chi connectivity index (χ3n) is 6.95. The molecule has 0 aliphatic carbocycles. The van der Waals surface area contributed by atoms with E-state index in [2.05, 4.69) is 27.8 Å². The molecule has 5 heteroatoms. The van der Waals surface area contributed by atoms with Crippen molar-refractivity contribution in [2.24, 2.45) is 11.3 Å². The highest BCUT2D eigenvalue weighted by atomic mass is 16.5. The third kappa shape index (κ3) is 4.19. The Morgan fingerprint density at radius 2 is 2.00 bits per heavy atom. The van der Waals surface area contributed by atoms with E-state index in [1.807, 2.05) is 12.3 Å². The van der Waals surface area contributed by atoms with Gasteiger partial charge in [0.2, 0.25) is 5.91 Å². The van der Waals surface area contributed by atoms with E-state index < -0.39 is 0 Å². The van der Waals surface area contributed by atoms with Crippen molar-refractivity contribution in [2.75, 3.05) is 39.4 Å². The maximum atomic E-state index is 13.3. The SMILES string of the molecule is Cc1cccnc1CN1CCC[C@@]2(CC1)CCN(CC1CCOCC1)C2=O. The topological polar surface area (TPSA) is 45.7 Å². The second kappa shape index (κ2) is 8.27. The van der Waals surface area contributed by atoms with Crippen molar-refractivity contribution < 1.29 is 9.53 Å². The average molecular weight is 372 g/mol. The lowest BCUT2D eigenvalue weighted by atomic mass is 9.79. The molecule has 148 valence electrons. The summed E-state index contributed by atoms with van der Waals surface area (Å²) in [5.41, 5.74) is 2.34. The van der Waals surface area contributed by atoms with Gasteiger partial charge in [-0.2, -0.15) is 0 Å². The van der Waals surface area contributed by atoms with E-state index in [9.17, 15) is 4.79 Å². The lowest BCUT2D eigenvalue weighted by molar-refractivity contribution is -0.137. The molecule has 0 bridgehead atoms. The van der Waals surface area contributed by atoms with Crippen molar-refractivity contribution in [3.8, 4) is 0 Å². The van der Waals surface area contributed by atoms with Crippen molar-refractivity contribution in [2.45, 2.75) is 52.0 Å². The van der Waals surface area contributed by atoms with Crippen LogP contribution >= 0.6 is 0 Å². The second-order valence-corrected chi connectivity index (χ2v) is 8.73. The zero-order valence-electron chi connectivity index (χ0n) is 16.7. The molecule has 0 N–H and O–H groups in total. The molecule has 0 saturated carbocycles. The molecule has 3 saturated heterocycles. The number of nitrogens with zero attached hydrogens (tertiary/aromatic N) is 3. The van der Waals surface area contributed by atoms with Gasteiger partial charge in [-0.05, 0) is 76.1 Å². The minimum Gasteiger partial charge on any atom is -0.381 e. The Labute approximate surface area is 163 Å². The quantitative estimate of drug-likeness (QED) is 0.816. The Kier molecular flexibility index (Phi) is 5.79. The van der Waals surface area contributed by atoms with Gasteiger partial charge < -0.3 is 9.64 Å². The molecule has 27 heavy (non-hydrogen) atoms. The summed E-state index contributed by atoms with van der Waals surface area (Å²) in [5, 5.41) is 0. The first kappa shape index (κ1) is 18.9. The number of carbonyl (C=O) groups excluding carboxylic acids is 1. The van der Waals surface area contributed by atoms with Gasteiger partial charge in [0.1, 0.15) is 0 Å². The lowest BCUT2D eigenvalue weighted by Gasteiger charge is -2.30. The lowest BCUT2D eigenvalue weighted by Crippen LogP contribution is -2.39. The maximum absolute atomic E-state index is 13.3. The van der Waals surface area contributed by atoms with E-state index in [0.29, 0.717) is 11.8 Å². The van der Waals surface area contributed by atoms with Crippen LogP contribution in [0.1, 0.15) is 49.8 Å². The van der Waals surface area contributed by atoms with E-state index in [1.165, 1.54) is 11.3 Å². The Balaban J connectivity index is 1.35. The fraction of sp³-hybridized carbons (Fsp3) is 0.727. The van der Waals surface area contributed by atoms with Gasteiger partial charge in [-0.25, -0.2) is 0 Å². The van der Waals surface area contributed by atoms with Crippen molar-refractivity contribution in [1.29, 1.82) is 0 Å². The van der Waals surface area contributed by atoms with Crippen LogP contribution in [-0.2, 0) is 16.1 Å². The first-order chi connectivity index (χ1) is 13.2. The van der Waals surface area contributed by atoms with Crippen LogP contribution in [0.4, 0.5) is 0 Å². The molecule has 1 atom stereocenters. The number of amides is 1. The molecule has 1 spiro atoms. The van der Waals surface area contributed by atoms with Crippen LogP contribution in [0.15, 0.2) is 18.3 Å². The van der Waals surface area contributed by atoms with E-state index in [4.69, 9.17) is 4.74 Å². The van der Waals surface area contributed by atoms with Crippen LogP contribution in [0.5, 0.6) is 0 Å². The van der Waals surface area contributed by atoms with Crippen LogP contribution in [0.3, 0.4) is 0 Å². The molecule has 1 aromatic rings. The molecule has 3 aliphatic heterocycles. The van der Waals surface area contributed by atoms with E-state index in [0.717, 1.165) is 84.5 Å². The summed E-state index contributed by atoms with van der Waals surface area (Å²) in [6.07, 6.45) is 8.31. The van der Waals surface area contributed by atoms with Crippen LogP contribution in [0.2, 0.25) is 0 Å². The fourth-order valence-corrected chi connectivity index (χ4v) is 5.08.